The van der Waals surface area contributed by atoms with Gasteiger partial charge in [-0.25, -0.2) is 0 Å². The molecule has 2 N–H and O–H groups in total. The van der Waals surface area contributed by atoms with Crippen molar-refractivity contribution in [1.29, 1.82) is 0 Å². The van der Waals surface area contributed by atoms with Gasteiger partial charge < -0.3 is 5.73 Å². The number of halogens is 1. The Bertz CT molecular complexity index is 457. The van der Waals surface area contributed by atoms with Gasteiger partial charge in [-0.1, -0.05) is 29.8 Å². The Hall–Kier alpha value is -1.29. The van der Waals surface area contributed by atoms with Gasteiger partial charge in [-0.3, -0.25) is 4.68 Å². The number of benzene rings is 1. The lowest BCUT2D eigenvalue weighted by atomic mass is 10.1. The third-order valence-electron chi connectivity index (χ3n) is 2.17. The van der Waals surface area contributed by atoms with Crippen LogP contribution in [-0.4, -0.2) is 9.78 Å². The summed E-state index contributed by atoms with van der Waals surface area (Å²) in [6.45, 7) is 2.83. The zero-order valence-electron chi connectivity index (χ0n) is 8.44. The minimum absolute atomic E-state index is 0.530. The molecule has 0 aliphatic carbocycles. The zero-order chi connectivity index (χ0) is 10.8. The van der Waals surface area contributed by atoms with E-state index in [1.54, 1.807) is 0 Å². The van der Waals surface area contributed by atoms with E-state index >= 15 is 0 Å². The summed E-state index contributed by atoms with van der Waals surface area (Å²) in [4.78, 5) is 0. The Morgan fingerprint density at radius 2 is 2.27 bits per heavy atom. The van der Waals surface area contributed by atoms with Crippen LogP contribution in [0.1, 0.15) is 11.1 Å². The van der Waals surface area contributed by atoms with Gasteiger partial charge in [0.25, 0.3) is 0 Å². The lowest BCUT2D eigenvalue weighted by Gasteiger charge is -2.02. The van der Waals surface area contributed by atoms with Crippen molar-refractivity contribution in [2.75, 3.05) is 5.73 Å². The molecule has 0 fully saturated rings. The fourth-order valence-corrected chi connectivity index (χ4v) is 1.81. The number of nitrogen functional groups attached to an aromatic ring is 1. The molecule has 0 atom stereocenters. The molecule has 2 rings (SSSR count). The van der Waals surface area contributed by atoms with Crippen molar-refractivity contribution in [2.24, 2.45) is 0 Å². The maximum atomic E-state index is 5.65. The summed E-state index contributed by atoms with van der Waals surface area (Å²) < 4.78 is 2.67. The van der Waals surface area contributed by atoms with E-state index in [4.69, 9.17) is 5.73 Å². The number of anilines is 1. The van der Waals surface area contributed by atoms with Crippen molar-refractivity contribution < 1.29 is 0 Å². The first-order chi connectivity index (χ1) is 7.15. The minimum Gasteiger partial charge on any atom is -0.381 e. The predicted molar refractivity (Wildman–Crippen MR) is 64.6 cm³/mol. The first kappa shape index (κ1) is 10.2. The van der Waals surface area contributed by atoms with Crippen molar-refractivity contribution in [3.05, 3.63) is 46.1 Å². The van der Waals surface area contributed by atoms with E-state index in [2.05, 4.69) is 46.2 Å². The highest BCUT2D eigenvalue weighted by molar-refractivity contribution is 9.10. The van der Waals surface area contributed by atoms with Gasteiger partial charge in [0.05, 0.1) is 11.0 Å². The number of rotatable bonds is 2. The third-order valence-corrected chi connectivity index (χ3v) is 2.78. The van der Waals surface area contributed by atoms with E-state index in [0.29, 0.717) is 5.82 Å². The van der Waals surface area contributed by atoms with Crippen LogP contribution >= 0.6 is 15.9 Å². The summed E-state index contributed by atoms with van der Waals surface area (Å²) in [6.07, 6.45) is 1.89. The molecule has 15 heavy (non-hydrogen) atoms. The van der Waals surface area contributed by atoms with Crippen LogP contribution in [0.5, 0.6) is 0 Å². The molecule has 1 aromatic heterocycles. The van der Waals surface area contributed by atoms with Crippen LogP contribution < -0.4 is 5.73 Å². The summed E-state index contributed by atoms with van der Waals surface area (Å²) in [6, 6.07) is 8.36. The number of nitrogens with two attached hydrogens (primary N) is 1. The van der Waals surface area contributed by atoms with Gasteiger partial charge in [0.2, 0.25) is 0 Å². The third kappa shape index (κ3) is 2.39. The second-order valence-electron chi connectivity index (χ2n) is 3.55. The van der Waals surface area contributed by atoms with Gasteiger partial charge in [-0.05, 0) is 28.4 Å². The fourth-order valence-electron chi connectivity index (χ4n) is 1.49. The number of nitrogens with zero attached hydrogens (tertiary/aromatic N) is 2. The Morgan fingerprint density at radius 3 is 2.87 bits per heavy atom. The van der Waals surface area contributed by atoms with Crippen molar-refractivity contribution in [1.82, 2.24) is 9.78 Å². The summed E-state index contributed by atoms with van der Waals surface area (Å²) in [5, 5.41) is 4.18. The van der Waals surface area contributed by atoms with Gasteiger partial charge in [-0.15, -0.1) is 0 Å². The molecule has 0 amide bonds. The first-order valence-corrected chi connectivity index (χ1v) is 5.48. The number of hydrogen-bond donors (Lipinski definition) is 1. The van der Waals surface area contributed by atoms with Crippen LogP contribution in [0.4, 0.5) is 5.82 Å². The highest BCUT2D eigenvalue weighted by Crippen LogP contribution is 2.17. The molecule has 78 valence electrons. The molecule has 0 radical (unpaired) electrons. The molecular formula is C11H12BrN3. The second-order valence-corrected chi connectivity index (χ2v) is 4.40. The molecule has 3 nitrogen and oxygen atoms in total. The topological polar surface area (TPSA) is 43.8 Å². The smallest absolute Gasteiger partial charge is 0.159 e. The van der Waals surface area contributed by atoms with Crippen molar-refractivity contribution in [3.63, 3.8) is 0 Å². The minimum atomic E-state index is 0.530. The fraction of sp³-hybridized carbons (Fsp3) is 0.182. The van der Waals surface area contributed by atoms with Gasteiger partial charge in [0, 0.05) is 6.20 Å². The van der Waals surface area contributed by atoms with Crippen LogP contribution in [0.3, 0.4) is 0 Å². The number of aromatic nitrogens is 2. The lowest BCUT2D eigenvalue weighted by molar-refractivity contribution is 0.689. The highest BCUT2D eigenvalue weighted by Gasteiger charge is 2.02. The Labute approximate surface area is 97.0 Å². The van der Waals surface area contributed by atoms with Crippen LogP contribution in [-0.2, 0) is 6.54 Å². The molecule has 0 saturated carbocycles. The maximum absolute atomic E-state index is 5.65. The molecular weight excluding hydrogens is 254 g/mol. The van der Waals surface area contributed by atoms with Crippen molar-refractivity contribution in [2.45, 2.75) is 13.5 Å². The lowest BCUT2D eigenvalue weighted by Crippen LogP contribution is -2.01. The Balaban J connectivity index is 2.22. The average Bonchev–Trinajstić information content (AvgIpc) is 2.45. The van der Waals surface area contributed by atoms with E-state index in [1.165, 1.54) is 11.1 Å². The predicted octanol–water partition coefficient (Wildman–Crippen LogP) is 2.58. The van der Waals surface area contributed by atoms with E-state index < -0.39 is 0 Å². The quantitative estimate of drug-likeness (QED) is 0.907. The molecule has 4 heteroatoms. The van der Waals surface area contributed by atoms with Crippen molar-refractivity contribution >= 4 is 21.7 Å². The largest absolute Gasteiger partial charge is 0.381 e. The van der Waals surface area contributed by atoms with Gasteiger partial charge in [-0.2, -0.15) is 5.10 Å². The van der Waals surface area contributed by atoms with E-state index in [0.717, 1.165) is 11.0 Å². The molecule has 2 aromatic rings. The summed E-state index contributed by atoms with van der Waals surface area (Å²) in [5.41, 5.74) is 8.13. The van der Waals surface area contributed by atoms with Crippen LogP contribution in [0, 0.1) is 6.92 Å². The van der Waals surface area contributed by atoms with Crippen LogP contribution in [0.25, 0.3) is 0 Å². The zero-order valence-corrected chi connectivity index (χ0v) is 10.0. The number of aryl methyl sites for hydroxylation is 1. The van der Waals surface area contributed by atoms with Crippen LogP contribution in [0.2, 0.25) is 0 Å². The van der Waals surface area contributed by atoms with E-state index in [9.17, 15) is 0 Å². The van der Waals surface area contributed by atoms with E-state index in [-0.39, 0.29) is 0 Å². The standard InChI is InChI=1S/C11H12BrN3/c1-8-3-2-4-9(5-8)6-15-7-10(12)11(13)14-15/h2-5,7H,6H2,1H3,(H2,13,14). The molecule has 0 bridgehead atoms. The normalized spacial score (nSPS) is 10.5. The van der Waals surface area contributed by atoms with Crippen LogP contribution in [0.15, 0.2) is 34.9 Å². The Morgan fingerprint density at radius 1 is 1.47 bits per heavy atom. The molecule has 0 unspecified atom stereocenters. The van der Waals surface area contributed by atoms with Gasteiger partial charge in [0.15, 0.2) is 5.82 Å². The molecule has 0 saturated heterocycles. The maximum Gasteiger partial charge on any atom is 0.159 e. The van der Waals surface area contributed by atoms with Crippen molar-refractivity contribution in [3.8, 4) is 0 Å². The monoisotopic (exact) mass is 265 g/mol. The second kappa shape index (κ2) is 4.06. The molecule has 0 aliphatic rings. The summed E-state index contributed by atoms with van der Waals surface area (Å²) in [5.74, 6) is 0.530. The molecule has 0 spiro atoms. The number of hydrogen-bond acceptors (Lipinski definition) is 2. The Kier molecular flexibility index (Phi) is 2.77. The van der Waals surface area contributed by atoms with E-state index in [1.807, 2.05) is 16.9 Å². The van der Waals surface area contributed by atoms with Gasteiger partial charge in [0.1, 0.15) is 0 Å². The van der Waals surface area contributed by atoms with Gasteiger partial charge >= 0.3 is 0 Å². The molecule has 1 aromatic carbocycles. The summed E-state index contributed by atoms with van der Waals surface area (Å²) in [7, 11) is 0. The SMILES string of the molecule is Cc1cccc(Cn2cc(Br)c(N)n2)c1. The summed E-state index contributed by atoms with van der Waals surface area (Å²) >= 11 is 3.34. The molecule has 0 aliphatic heterocycles. The first-order valence-electron chi connectivity index (χ1n) is 4.69. The average molecular weight is 266 g/mol. The molecule has 1 heterocycles. The highest BCUT2D eigenvalue weighted by atomic mass is 79.9.